The minimum absolute atomic E-state index is 0. The Labute approximate surface area is 171 Å². The minimum atomic E-state index is -0.197. The number of hydrogen-bond donors (Lipinski definition) is 2. The molecule has 1 atom stereocenters. The average Bonchev–Trinajstić information content (AvgIpc) is 2.62. The van der Waals surface area contributed by atoms with Crippen LogP contribution in [0.1, 0.15) is 36.6 Å². The van der Waals surface area contributed by atoms with E-state index in [1.807, 2.05) is 32.0 Å². The van der Waals surface area contributed by atoms with Gasteiger partial charge in [-0.05, 0) is 43.5 Å². The summed E-state index contributed by atoms with van der Waals surface area (Å²) in [6.45, 7) is 6.96. The quantitative estimate of drug-likeness (QED) is 0.380. The summed E-state index contributed by atoms with van der Waals surface area (Å²) in [5.74, 6) is 1.05. The van der Waals surface area contributed by atoms with Crippen LogP contribution in [0.15, 0.2) is 41.5 Å². The zero-order valence-electron chi connectivity index (χ0n) is 15.5. The molecule has 2 aromatic rings. The molecule has 0 saturated carbocycles. The Kier molecular flexibility index (Phi) is 9.32. The van der Waals surface area contributed by atoms with Gasteiger partial charge in [0, 0.05) is 18.8 Å². The summed E-state index contributed by atoms with van der Waals surface area (Å²) in [6.07, 6.45) is 1.74. The molecule has 0 amide bonds. The van der Waals surface area contributed by atoms with Gasteiger partial charge < -0.3 is 15.4 Å². The molecule has 26 heavy (non-hydrogen) atoms. The number of aliphatic imine (C=N–C) groups is 1. The summed E-state index contributed by atoms with van der Waals surface area (Å²) < 4.78 is 18.8. The molecule has 0 aliphatic rings. The van der Waals surface area contributed by atoms with Crippen LogP contribution in [0.5, 0.6) is 5.88 Å². The zero-order chi connectivity index (χ0) is 18.2. The zero-order valence-corrected chi connectivity index (χ0v) is 17.9. The largest absolute Gasteiger partial charge is 0.481 e. The number of halogens is 2. The Morgan fingerprint density at radius 3 is 2.65 bits per heavy atom. The summed E-state index contributed by atoms with van der Waals surface area (Å²) in [5.41, 5.74) is 2.50. The van der Waals surface area contributed by atoms with Gasteiger partial charge in [-0.2, -0.15) is 0 Å². The van der Waals surface area contributed by atoms with E-state index >= 15 is 0 Å². The van der Waals surface area contributed by atoms with Gasteiger partial charge in [-0.3, -0.25) is 0 Å². The number of pyridine rings is 1. The fraction of sp³-hybridized carbons (Fsp3) is 0.368. The maximum Gasteiger partial charge on any atom is 0.212 e. The molecule has 0 aliphatic carbocycles. The maximum absolute atomic E-state index is 13.8. The Morgan fingerprint density at radius 1 is 1.31 bits per heavy atom. The molecule has 0 radical (unpaired) electrons. The van der Waals surface area contributed by atoms with Crippen LogP contribution in [0.3, 0.4) is 0 Å². The van der Waals surface area contributed by atoms with Crippen molar-refractivity contribution in [2.24, 2.45) is 4.99 Å². The lowest BCUT2D eigenvalue weighted by Crippen LogP contribution is -2.38. The van der Waals surface area contributed by atoms with Gasteiger partial charge in [-0.25, -0.2) is 14.4 Å². The molecule has 0 bridgehead atoms. The highest BCUT2D eigenvalue weighted by Gasteiger charge is 2.09. The number of methoxy groups -OCH3 is 1. The molecule has 2 rings (SSSR count). The van der Waals surface area contributed by atoms with E-state index in [1.54, 1.807) is 32.4 Å². The van der Waals surface area contributed by atoms with Crippen LogP contribution in [-0.2, 0) is 6.54 Å². The molecule has 7 heteroatoms. The smallest absolute Gasteiger partial charge is 0.212 e. The van der Waals surface area contributed by atoms with Gasteiger partial charge in [-0.15, -0.1) is 24.0 Å². The van der Waals surface area contributed by atoms with Crippen molar-refractivity contribution in [3.63, 3.8) is 0 Å². The number of aryl methyl sites for hydroxylation is 1. The van der Waals surface area contributed by atoms with E-state index in [4.69, 9.17) is 4.74 Å². The number of rotatable bonds is 6. The van der Waals surface area contributed by atoms with Crippen LogP contribution in [-0.4, -0.2) is 24.6 Å². The molecular weight excluding hydrogens is 446 g/mol. The van der Waals surface area contributed by atoms with Gasteiger partial charge in [0.1, 0.15) is 5.82 Å². The normalized spacial score (nSPS) is 12.1. The van der Waals surface area contributed by atoms with Crippen molar-refractivity contribution in [3.8, 4) is 5.88 Å². The van der Waals surface area contributed by atoms with Crippen molar-refractivity contribution in [3.05, 3.63) is 59.0 Å². The lowest BCUT2D eigenvalue weighted by Gasteiger charge is -2.18. The molecule has 0 spiro atoms. The number of guanidine groups is 1. The molecule has 2 N–H and O–H groups in total. The SMILES string of the molecule is CCNC(=NCc1ccc(OC)nc1)NC(C)c1ccc(C)c(F)c1.I. The third-order valence-electron chi connectivity index (χ3n) is 3.82. The maximum atomic E-state index is 13.8. The lowest BCUT2D eigenvalue weighted by molar-refractivity contribution is 0.397. The van der Waals surface area contributed by atoms with E-state index in [9.17, 15) is 4.39 Å². The van der Waals surface area contributed by atoms with Gasteiger partial charge in [0.2, 0.25) is 5.88 Å². The van der Waals surface area contributed by atoms with Gasteiger partial charge in [0.05, 0.1) is 19.7 Å². The first-order valence-corrected chi connectivity index (χ1v) is 8.33. The fourth-order valence-electron chi connectivity index (χ4n) is 2.28. The highest BCUT2D eigenvalue weighted by atomic mass is 127. The third kappa shape index (κ3) is 6.44. The number of nitrogens with one attached hydrogen (secondary N) is 2. The Bertz CT molecular complexity index is 722. The van der Waals surface area contributed by atoms with Gasteiger partial charge >= 0.3 is 0 Å². The van der Waals surface area contributed by atoms with Crippen LogP contribution < -0.4 is 15.4 Å². The molecule has 0 fully saturated rings. The van der Waals surface area contributed by atoms with Gasteiger partial charge in [0.25, 0.3) is 0 Å². The van der Waals surface area contributed by atoms with Crippen LogP contribution in [0.4, 0.5) is 4.39 Å². The number of aromatic nitrogens is 1. The Hall–Kier alpha value is -1.90. The summed E-state index contributed by atoms with van der Waals surface area (Å²) in [5, 5.41) is 6.50. The second-order valence-corrected chi connectivity index (χ2v) is 5.78. The predicted molar refractivity (Wildman–Crippen MR) is 114 cm³/mol. The summed E-state index contributed by atoms with van der Waals surface area (Å²) in [4.78, 5) is 8.74. The molecule has 1 unspecified atom stereocenters. The standard InChI is InChI=1S/C19H25FN4O.HI/c1-5-21-19(23-12-15-7-9-18(25-4)22-11-15)24-14(3)16-8-6-13(2)17(20)10-16;/h6-11,14H,5,12H2,1-4H3,(H2,21,23,24);1H. The van der Waals surface area contributed by atoms with Crippen molar-refractivity contribution in [1.82, 2.24) is 15.6 Å². The molecule has 142 valence electrons. The molecular formula is C19H26FIN4O. The van der Waals surface area contributed by atoms with Crippen LogP contribution in [0.2, 0.25) is 0 Å². The van der Waals surface area contributed by atoms with Gasteiger partial charge in [0.15, 0.2) is 5.96 Å². The highest BCUT2D eigenvalue weighted by Crippen LogP contribution is 2.16. The van der Waals surface area contributed by atoms with E-state index in [1.165, 1.54) is 0 Å². The van der Waals surface area contributed by atoms with Crippen LogP contribution in [0, 0.1) is 12.7 Å². The number of benzene rings is 1. The van der Waals surface area contributed by atoms with E-state index in [2.05, 4.69) is 20.6 Å². The highest BCUT2D eigenvalue weighted by molar-refractivity contribution is 14.0. The van der Waals surface area contributed by atoms with Crippen molar-refractivity contribution in [1.29, 1.82) is 0 Å². The second-order valence-electron chi connectivity index (χ2n) is 5.78. The first kappa shape index (κ1) is 22.1. The van der Waals surface area contributed by atoms with Crippen LogP contribution >= 0.6 is 24.0 Å². The van der Waals surface area contributed by atoms with E-state index in [0.29, 0.717) is 23.9 Å². The van der Waals surface area contributed by atoms with E-state index in [-0.39, 0.29) is 35.8 Å². The number of nitrogens with zero attached hydrogens (tertiary/aromatic N) is 2. The average molecular weight is 472 g/mol. The first-order valence-electron chi connectivity index (χ1n) is 8.33. The summed E-state index contributed by atoms with van der Waals surface area (Å²) >= 11 is 0. The molecule has 1 aromatic heterocycles. The third-order valence-corrected chi connectivity index (χ3v) is 3.82. The predicted octanol–water partition coefficient (Wildman–Crippen LogP) is 3.97. The molecule has 0 saturated heterocycles. The molecule has 1 aromatic carbocycles. The Morgan fingerprint density at radius 2 is 2.08 bits per heavy atom. The Balaban J connectivity index is 0.00000338. The van der Waals surface area contributed by atoms with Crippen molar-refractivity contribution < 1.29 is 9.13 Å². The van der Waals surface area contributed by atoms with E-state index in [0.717, 1.165) is 17.7 Å². The van der Waals surface area contributed by atoms with Crippen molar-refractivity contribution in [2.45, 2.75) is 33.4 Å². The van der Waals surface area contributed by atoms with E-state index < -0.39 is 0 Å². The number of ether oxygens (including phenoxy) is 1. The first-order chi connectivity index (χ1) is 12.0. The van der Waals surface area contributed by atoms with Crippen molar-refractivity contribution >= 4 is 29.9 Å². The molecule has 5 nitrogen and oxygen atoms in total. The summed E-state index contributed by atoms with van der Waals surface area (Å²) in [7, 11) is 1.59. The molecule has 0 aliphatic heterocycles. The second kappa shape index (κ2) is 10.9. The topological polar surface area (TPSA) is 58.5 Å². The monoisotopic (exact) mass is 472 g/mol. The number of hydrogen-bond acceptors (Lipinski definition) is 3. The van der Waals surface area contributed by atoms with Gasteiger partial charge in [-0.1, -0.05) is 18.2 Å². The summed E-state index contributed by atoms with van der Waals surface area (Å²) in [6, 6.07) is 8.94. The minimum Gasteiger partial charge on any atom is -0.481 e. The van der Waals surface area contributed by atoms with Crippen LogP contribution in [0.25, 0.3) is 0 Å². The van der Waals surface area contributed by atoms with Crippen molar-refractivity contribution in [2.75, 3.05) is 13.7 Å². The fourth-order valence-corrected chi connectivity index (χ4v) is 2.28. The lowest BCUT2D eigenvalue weighted by atomic mass is 10.1. The molecule has 1 heterocycles.